The summed E-state index contributed by atoms with van der Waals surface area (Å²) in [4.78, 5) is 12.7. The molecular weight excluding hydrogens is 296 g/mol. The molecule has 1 aliphatic rings. The Hall–Kier alpha value is -1.45. The van der Waals surface area contributed by atoms with E-state index in [1.54, 1.807) is 0 Å². The third-order valence-electron chi connectivity index (χ3n) is 3.75. The lowest BCUT2D eigenvalue weighted by molar-refractivity contribution is -0.137. The van der Waals surface area contributed by atoms with Gasteiger partial charge in [-0.25, -0.2) is 8.42 Å². The quantitative estimate of drug-likeness (QED) is 0.789. The molecule has 9 heteroatoms. The monoisotopic (exact) mass is 316 g/mol. The van der Waals surface area contributed by atoms with Gasteiger partial charge in [-0.15, -0.1) is 0 Å². The van der Waals surface area contributed by atoms with Crippen LogP contribution in [0.2, 0.25) is 0 Å². The number of aromatic nitrogens is 2. The molecule has 1 fully saturated rings. The molecule has 8 nitrogen and oxygen atoms in total. The van der Waals surface area contributed by atoms with Gasteiger partial charge in [0.25, 0.3) is 0 Å². The predicted molar refractivity (Wildman–Crippen MR) is 75.3 cm³/mol. The minimum atomic E-state index is -3.62. The highest BCUT2D eigenvalue weighted by molar-refractivity contribution is 7.89. The van der Waals surface area contributed by atoms with Crippen LogP contribution in [0.25, 0.3) is 0 Å². The summed E-state index contributed by atoms with van der Waals surface area (Å²) in [6, 6.07) is 0.175. The Balaban J connectivity index is 2.19. The highest BCUT2D eigenvalue weighted by Gasteiger charge is 2.38. The molecule has 0 bridgehead atoms. The highest BCUT2D eigenvalue weighted by Crippen LogP contribution is 2.26. The first-order valence-electron chi connectivity index (χ1n) is 6.62. The second-order valence-corrected chi connectivity index (χ2v) is 7.54. The van der Waals surface area contributed by atoms with Gasteiger partial charge in [-0.05, 0) is 20.0 Å². The minimum Gasteiger partial charge on any atom is -0.480 e. The molecule has 0 aromatic carbocycles. The Labute approximate surface area is 124 Å². The Morgan fingerprint density at radius 2 is 2.14 bits per heavy atom. The molecule has 118 valence electrons. The molecular formula is C12H20N4O4S. The SMILES string of the molecule is CC1CN(S(=O)(=O)c2cnn(CC(=O)O)c2)CC1N(C)C. The first kappa shape index (κ1) is 15.9. The van der Waals surface area contributed by atoms with E-state index in [9.17, 15) is 13.2 Å². The lowest BCUT2D eigenvalue weighted by Gasteiger charge is -2.22. The van der Waals surface area contributed by atoms with Crippen LogP contribution in [0.4, 0.5) is 0 Å². The van der Waals surface area contributed by atoms with Gasteiger partial charge in [-0.2, -0.15) is 9.40 Å². The number of rotatable bonds is 5. The Morgan fingerprint density at radius 3 is 2.67 bits per heavy atom. The molecule has 1 N–H and O–H groups in total. The average Bonchev–Trinajstić information content (AvgIpc) is 2.95. The second-order valence-electron chi connectivity index (χ2n) is 5.60. The van der Waals surface area contributed by atoms with Crippen LogP contribution in [0.5, 0.6) is 0 Å². The van der Waals surface area contributed by atoms with Crippen LogP contribution in [0.15, 0.2) is 17.3 Å². The largest absolute Gasteiger partial charge is 0.480 e. The van der Waals surface area contributed by atoms with Crippen molar-refractivity contribution in [3.05, 3.63) is 12.4 Å². The summed E-state index contributed by atoms with van der Waals surface area (Å²) >= 11 is 0. The summed E-state index contributed by atoms with van der Waals surface area (Å²) in [5.41, 5.74) is 0. The zero-order valence-electron chi connectivity index (χ0n) is 12.3. The summed E-state index contributed by atoms with van der Waals surface area (Å²) in [5.74, 6) is -0.826. The van der Waals surface area contributed by atoms with Crippen molar-refractivity contribution in [2.24, 2.45) is 5.92 Å². The number of carbonyl (C=O) groups is 1. The van der Waals surface area contributed by atoms with Gasteiger partial charge >= 0.3 is 5.97 Å². The van der Waals surface area contributed by atoms with E-state index in [0.717, 1.165) is 4.68 Å². The average molecular weight is 316 g/mol. The smallest absolute Gasteiger partial charge is 0.325 e. The fourth-order valence-electron chi connectivity index (χ4n) is 2.63. The molecule has 1 saturated heterocycles. The topological polar surface area (TPSA) is 95.7 Å². The van der Waals surface area contributed by atoms with Crippen LogP contribution in [0, 0.1) is 5.92 Å². The van der Waals surface area contributed by atoms with E-state index in [1.165, 1.54) is 16.7 Å². The third-order valence-corrected chi connectivity index (χ3v) is 5.53. The normalized spacial score (nSPS) is 23.8. The zero-order chi connectivity index (χ0) is 15.8. The van der Waals surface area contributed by atoms with Crippen LogP contribution < -0.4 is 0 Å². The van der Waals surface area contributed by atoms with Gasteiger partial charge in [0.1, 0.15) is 11.4 Å². The van der Waals surface area contributed by atoms with Crippen LogP contribution in [-0.4, -0.2) is 71.7 Å². The molecule has 0 amide bonds. The number of carboxylic acid groups (broad SMARTS) is 1. The van der Waals surface area contributed by atoms with E-state index in [2.05, 4.69) is 5.10 Å². The number of hydrogen-bond acceptors (Lipinski definition) is 5. The van der Waals surface area contributed by atoms with Gasteiger partial charge in [-0.1, -0.05) is 6.92 Å². The molecule has 2 atom stereocenters. The van der Waals surface area contributed by atoms with Crippen molar-refractivity contribution in [2.45, 2.75) is 24.4 Å². The van der Waals surface area contributed by atoms with Crippen molar-refractivity contribution >= 4 is 16.0 Å². The minimum absolute atomic E-state index is 0.0374. The summed E-state index contributed by atoms with van der Waals surface area (Å²) in [6.07, 6.45) is 2.46. The van der Waals surface area contributed by atoms with Crippen molar-refractivity contribution in [2.75, 3.05) is 27.2 Å². The molecule has 0 spiro atoms. The Morgan fingerprint density at radius 1 is 1.48 bits per heavy atom. The first-order chi connectivity index (χ1) is 9.71. The standard InChI is InChI=1S/C12H20N4O4S/c1-9-5-16(7-11(9)14(2)3)21(19,20)10-4-13-15(6-10)8-12(17)18/h4,6,9,11H,5,7-8H2,1-3H3,(H,17,18). The van der Waals surface area contributed by atoms with Crippen LogP contribution in [0.3, 0.4) is 0 Å². The van der Waals surface area contributed by atoms with Crippen LogP contribution in [-0.2, 0) is 21.4 Å². The van der Waals surface area contributed by atoms with Crippen molar-refractivity contribution in [1.29, 1.82) is 0 Å². The second kappa shape index (κ2) is 5.74. The molecule has 2 rings (SSSR count). The van der Waals surface area contributed by atoms with Gasteiger partial charge < -0.3 is 10.0 Å². The molecule has 0 saturated carbocycles. The number of likely N-dealkylation sites (N-methyl/N-ethyl adjacent to an activating group) is 1. The van der Waals surface area contributed by atoms with Gasteiger partial charge in [0.2, 0.25) is 10.0 Å². The highest BCUT2D eigenvalue weighted by atomic mass is 32.2. The lowest BCUT2D eigenvalue weighted by atomic mass is 10.1. The summed E-state index contributed by atoms with van der Waals surface area (Å²) < 4.78 is 27.7. The number of carboxylic acids is 1. The molecule has 21 heavy (non-hydrogen) atoms. The molecule has 0 aliphatic carbocycles. The fourth-order valence-corrected chi connectivity index (χ4v) is 4.14. The van der Waals surface area contributed by atoms with Gasteiger partial charge in [-0.3, -0.25) is 9.48 Å². The van der Waals surface area contributed by atoms with Crippen molar-refractivity contribution in [3.63, 3.8) is 0 Å². The van der Waals surface area contributed by atoms with Gasteiger partial charge in [0.15, 0.2) is 0 Å². The van der Waals surface area contributed by atoms with E-state index >= 15 is 0 Å². The molecule has 1 aliphatic heterocycles. The summed E-state index contributed by atoms with van der Waals surface area (Å²) in [7, 11) is 0.243. The maximum Gasteiger partial charge on any atom is 0.325 e. The Kier molecular flexibility index (Phi) is 4.35. The summed E-state index contributed by atoms with van der Waals surface area (Å²) in [5, 5.41) is 12.5. The number of sulfonamides is 1. The number of nitrogens with zero attached hydrogens (tertiary/aromatic N) is 4. The predicted octanol–water partition coefficient (Wildman–Crippen LogP) is -0.462. The van der Waals surface area contributed by atoms with Gasteiger partial charge in [0, 0.05) is 25.3 Å². The van der Waals surface area contributed by atoms with E-state index in [0.29, 0.717) is 13.1 Å². The number of aliphatic carboxylic acids is 1. The maximum absolute atomic E-state index is 12.6. The fraction of sp³-hybridized carbons (Fsp3) is 0.667. The zero-order valence-corrected chi connectivity index (χ0v) is 13.1. The molecule has 2 unspecified atom stereocenters. The van der Waals surface area contributed by atoms with Crippen molar-refractivity contribution < 1.29 is 18.3 Å². The molecule has 0 radical (unpaired) electrons. The van der Waals surface area contributed by atoms with E-state index in [1.807, 2.05) is 25.9 Å². The first-order valence-corrected chi connectivity index (χ1v) is 8.06. The van der Waals surface area contributed by atoms with E-state index < -0.39 is 16.0 Å². The third kappa shape index (κ3) is 3.25. The number of hydrogen-bond donors (Lipinski definition) is 1. The van der Waals surface area contributed by atoms with Gasteiger partial charge in [0.05, 0.1) is 6.20 Å². The van der Waals surface area contributed by atoms with Crippen LogP contribution in [0.1, 0.15) is 6.92 Å². The molecule has 1 aromatic heterocycles. The maximum atomic E-state index is 12.6. The van der Waals surface area contributed by atoms with Crippen molar-refractivity contribution in [3.8, 4) is 0 Å². The van der Waals surface area contributed by atoms with Crippen LogP contribution >= 0.6 is 0 Å². The van der Waals surface area contributed by atoms with E-state index in [4.69, 9.17) is 5.11 Å². The van der Waals surface area contributed by atoms with E-state index in [-0.39, 0.29) is 23.4 Å². The lowest BCUT2D eigenvalue weighted by Crippen LogP contribution is -2.35. The summed E-state index contributed by atoms with van der Waals surface area (Å²) in [6.45, 7) is 2.55. The Bertz CT molecular complexity index is 625. The van der Waals surface area contributed by atoms with Crippen molar-refractivity contribution in [1.82, 2.24) is 19.0 Å². The molecule has 1 aromatic rings. The molecule has 2 heterocycles.